The van der Waals surface area contributed by atoms with Crippen molar-refractivity contribution in [3.8, 4) is 0 Å². The first-order valence-electron chi connectivity index (χ1n) is 2.63. The molecule has 0 amide bonds. The van der Waals surface area contributed by atoms with E-state index in [1.165, 1.54) is 28.3 Å². The van der Waals surface area contributed by atoms with E-state index in [4.69, 9.17) is 0 Å². The number of hydroxylamine groups is 1. The van der Waals surface area contributed by atoms with Crippen molar-refractivity contribution in [3.05, 3.63) is 0 Å². The lowest BCUT2D eigenvalue weighted by molar-refractivity contribution is -0.0302. The molecule has 0 aliphatic carbocycles. The van der Waals surface area contributed by atoms with Gasteiger partial charge in [-0.25, -0.2) is 0 Å². The molecule has 0 rings (SSSR count). The van der Waals surface area contributed by atoms with E-state index in [1.54, 1.807) is 0 Å². The highest BCUT2D eigenvalue weighted by Gasteiger charge is 2.19. The molecule has 0 saturated carbocycles. The molecule has 0 spiro atoms. The van der Waals surface area contributed by atoms with Crippen molar-refractivity contribution in [2.24, 2.45) is 0 Å². The van der Waals surface area contributed by atoms with Crippen molar-refractivity contribution in [3.63, 3.8) is 0 Å². The molecule has 0 fully saturated rings. The zero-order chi connectivity index (χ0) is 8.36. The molecule has 0 saturated heterocycles. The van der Waals surface area contributed by atoms with Crippen LogP contribution in [0.1, 0.15) is 0 Å². The highest BCUT2D eigenvalue weighted by molar-refractivity contribution is 7.86. The summed E-state index contributed by atoms with van der Waals surface area (Å²) in [6.07, 6.45) is 0. The van der Waals surface area contributed by atoms with Gasteiger partial charge in [0.1, 0.15) is 0 Å². The van der Waals surface area contributed by atoms with E-state index in [1.807, 2.05) is 0 Å². The molecule has 0 aliphatic heterocycles. The molecule has 6 heteroatoms. The summed E-state index contributed by atoms with van der Waals surface area (Å²) in [7, 11) is 2.11. The molecule has 10 heavy (non-hydrogen) atoms. The van der Waals surface area contributed by atoms with Crippen LogP contribution < -0.4 is 0 Å². The molecule has 0 bridgehead atoms. The summed E-state index contributed by atoms with van der Waals surface area (Å²) in [5, 5.41) is 0. The van der Waals surface area contributed by atoms with Crippen molar-refractivity contribution in [2.45, 2.75) is 0 Å². The van der Waals surface area contributed by atoms with E-state index >= 15 is 0 Å². The van der Waals surface area contributed by atoms with Crippen LogP contribution >= 0.6 is 0 Å². The molecule has 0 heterocycles. The Morgan fingerprint density at radius 3 is 1.70 bits per heavy atom. The molecule has 0 unspecified atom stereocenters. The fraction of sp³-hybridized carbons (Fsp3) is 1.00. The van der Waals surface area contributed by atoms with E-state index in [-0.39, 0.29) is 0 Å². The van der Waals surface area contributed by atoms with Gasteiger partial charge in [-0.2, -0.15) is 12.7 Å². The number of rotatable bonds is 3. The number of nitrogens with zero attached hydrogens (tertiary/aromatic N) is 2. The lowest BCUT2D eigenvalue weighted by Crippen LogP contribution is -2.36. The van der Waals surface area contributed by atoms with Gasteiger partial charge in [0.2, 0.25) is 0 Å². The predicted molar refractivity (Wildman–Crippen MR) is 37.4 cm³/mol. The van der Waals surface area contributed by atoms with Crippen LogP contribution in [0.25, 0.3) is 0 Å². The second kappa shape index (κ2) is 3.29. The Labute approximate surface area is 61.3 Å². The van der Waals surface area contributed by atoms with Crippen LogP contribution in [0.4, 0.5) is 0 Å². The highest BCUT2D eigenvalue weighted by Crippen LogP contribution is 1.98. The Hall–Kier alpha value is -0.170. The van der Waals surface area contributed by atoms with E-state index in [0.29, 0.717) is 0 Å². The van der Waals surface area contributed by atoms with Crippen molar-refractivity contribution < 1.29 is 13.3 Å². The first-order chi connectivity index (χ1) is 4.42. The molecule has 0 atom stereocenters. The van der Waals surface area contributed by atoms with Gasteiger partial charge in [-0.3, -0.25) is 4.84 Å². The first kappa shape index (κ1) is 9.83. The lowest BCUT2D eigenvalue weighted by Gasteiger charge is -2.18. The van der Waals surface area contributed by atoms with Crippen LogP contribution in [-0.4, -0.2) is 45.4 Å². The SMILES string of the molecule is CON(C)S(=O)(=O)N(C)C. The van der Waals surface area contributed by atoms with Gasteiger partial charge in [0.05, 0.1) is 7.11 Å². The van der Waals surface area contributed by atoms with Gasteiger partial charge in [0.15, 0.2) is 0 Å². The Kier molecular flexibility index (Phi) is 3.23. The molecule has 0 radical (unpaired) electrons. The maximum absolute atomic E-state index is 11.0. The molecule has 5 nitrogen and oxygen atoms in total. The highest BCUT2D eigenvalue weighted by atomic mass is 32.2. The summed E-state index contributed by atoms with van der Waals surface area (Å²) in [6.45, 7) is 0. The van der Waals surface area contributed by atoms with Crippen LogP contribution in [0.15, 0.2) is 0 Å². The van der Waals surface area contributed by atoms with E-state index in [0.717, 1.165) is 8.77 Å². The quantitative estimate of drug-likeness (QED) is 0.523. The van der Waals surface area contributed by atoms with E-state index < -0.39 is 10.2 Å². The van der Waals surface area contributed by atoms with Crippen LogP contribution in [0, 0.1) is 0 Å². The van der Waals surface area contributed by atoms with Gasteiger partial charge in [-0.1, -0.05) is 4.47 Å². The van der Waals surface area contributed by atoms with Gasteiger partial charge >= 0.3 is 10.2 Å². The summed E-state index contributed by atoms with van der Waals surface area (Å²) >= 11 is 0. The van der Waals surface area contributed by atoms with Crippen LogP contribution in [-0.2, 0) is 15.0 Å². The molecule has 0 aromatic carbocycles. The summed E-state index contributed by atoms with van der Waals surface area (Å²) in [4.78, 5) is 4.48. The predicted octanol–water partition coefficient (Wildman–Crippen LogP) is -0.714. The second-order valence-electron chi connectivity index (χ2n) is 1.88. The molecule has 0 aliphatic rings. The topological polar surface area (TPSA) is 49.9 Å². The van der Waals surface area contributed by atoms with Crippen molar-refractivity contribution in [2.75, 3.05) is 28.3 Å². The monoisotopic (exact) mass is 168 g/mol. The van der Waals surface area contributed by atoms with Gasteiger partial charge in [-0.15, -0.1) is 0 Å². The molecule has 0 aromatic heterocycles. The number of hydrogen-bond acceptors (Lipinski definition) is 3. The summed E-state index contributed by atoms with van der Waals surface area (Å²) in [6, 6.07) is 0. The van der Waals surface area contributed by atoms with Gasteiger partial charge in [0, 0.05) is 21.1 Å². The van der Waals surface area contributed by atoms with Crippen LogP contribution in [0.3, 0.4) is 0 Å². The van der Waals surface area contributed by atoms with E-state index in [2.05, 4.69) is 4.84 Å². The first-order valence-corrected chi connectivity index (χ1v) is 4.03. The minimum atomic E-state index is -3.38. The fourth-order valence-corrected chi connectivity index (χ4v) is 0.972. The van der Waals surface area contributed by atoms with Crippen LogP contribution in [0.2, 0.25) is 0 Å². The van der Waals surface area contributed by atoms with Gasteiger partial charge in [0.25, 0.3) is 0 Å². The smallest absolute Gasteiger partial charge is 0.287 e. The summed E-state index contributed by atoms with van der Waals surface area (Å²) < 4.78 is 23.8. The van der Waals surface area contributed by atoms with Crippen molar-refractivity contribution in [1.82, 2.24) is 8.77 Å². The molecular weight excluding hydrogens is 156 g/mol. The molecule has 0 N–H and O–H groups in total. The Bertz CT molecular complexity index is 187. The van der Waals surface area contributed by atoms with Crippen molar-refractivity contribution >= 4 is 10.2 Å². The average Bonchev–Trinajstić information content (AvgIpc) is 1.86. The maximum atomic E-state index is 11.0. The minimum Gasteiger partial charge on any atom is -0.287 e. The Morgan fingerprint density at radius 1 is 1.20 bits per heavy atom. The third-order valence-electron chi connectivity index (χ3n) is 1.04. The minimum absolute atomic E-state index is 0.785. The standard InChI is InChI=1S/C4H12N2O3S/c1-5(2)10(7,8)6(3)9-4/h1-4H3. The second-order valence-corrected chi connectivity index (χ2v) is 4.02. The summed E-state index contributed by atoms with van der Waals surface area (Å²) in [5.41, 5.74) is 0. The van der Waals surface area contributed by atoms with Crippen LogP contribution in [0.5, 0.6) is 0 Å². The zero-order valence-corrected chi connectivity index (χ0v) is 7.34. The van der Waals surface area contributed by atoms with E-state index in [9.17, 15) is 8.42 Å². The average molecular weight is 168 g/mol. The third-order valence-corrected chi connectivity index (χ3v) is 2.77. The zero-order valence-electron chi connectivity index (χ0n) is 6.53. The molecule has 62 valence electrons. The molecular formula is C4H12N2O3S. The fourth-order valence-electron chi connectivity index (χ4n) is 0.324. The normalized spacial score (nSPS) is 13.0. The third kappa shape index (κ3) is 1.91. The van der Waals surface area contributed by atoms with Gasteiger partial charge in [-0.05, 0) is 0 Å². The van der Waals surface area contributed by atoms with Gasteiger partial charge < -0.3 is 0 Å². The maximum Gasteiger partial charge on any atom is 0.303 e. The lowest BCUT2D eigenvalue weighted by atomic mass is 11.3. The summed E-state index contributed by atoms with van der Waals surface area (Å²) in [5.74, 6) is 0. The van der Waals surface area contributed by atoms with Crippen molar-refractivity contribution in [1.29, 1.82) is 0 Å². The largest absolute Gasteiger partial charge is 0.303 e. The Balaban J connectivity index is 4.42. The Morgan fingerprint density at radius 2 is 1.60 bits per heavy atom. The molecule has 0 aromatic rings. The number of hydrogen-bond donors (Lipinski definition) is 0.